The molecule has 0 saturated heterocycles. The number of aromatic nitrogens is 2. The molecule has 208 valence electrons. The van der Waals surface area contributed by atoms with Crippen molar-refractivity contribution in [3.8, 4) is 22.9 Å². The quantitative estimate of drug-likeness (QED) is 0.179. The lowest BCUT2D eigenvalue weighted by atomic mass is 10.1. The first kappa shape index (κ1) is 28.2. The standard InChI is InChI=1S/C30H20Cl2F3N3O3/c1-40-26-14-19(13-24(32)27(26)41-17-18-9-11-22(31)12-10-18)16-36-38-28(20-5-4-6-21(15-20)30(33,34)35)37-25-8-3-2-7-23(25)29(38)39/h2-16H,17H2,1H3. The van der Waals surface area contributed by atoms with E-state index >= 15 is 0 Å². The number of fused-ring (bicyclic) bond motifs is 1. The molecule has 1 heterocycles. The Labute approximate surface area is 242 Å². The lowest BCUT2D eigenvalue weighted by Gasteiger charge is -2.14. The summed E-state index contributed by atoms with van der Waals surface area (Å²) in [7, 11) is 1.45. The summed E-state index contributed by atoms with van der Waals surface area (Å²) in [5.74, 6) is 0.558. The van der Waals surface area contributed by atoms with Gasteiger partial charge < -0.3 is 9.47 Å². The van der Waals surface area contributed by atoms with Gasteiger partial charge in [0.15, 0.2) is 17.3 Å². The molecule has 6 nitrogen and oxygen atoms in total. The molecule has 0 fully saturated rings. The van der Waals surface area contributed by atoms with Gasteiger partial charge in [-0.05, 0) is 59.7 Å². The Morgan fingerprint density at radius 1 is 0.976 bits per heavy atom. The van der Waals surface area contributed by atoms with Crippen LogP contribution in [-0.4, -0.2) is 23.0 Å². The fourth-order valence-electron chi connectivity index (χ4n) is 4.07. The van der Waals surface area contributed by atoms with Crippen molar-refractivity contribution in [2.24, 2.45) is 5.10 Å². The molecule has 0 atom stereocenters. The predicted molar refractivity (Wildman–Crippen MR) is 153 cm³/mol. The second-order valence-corrected chi connectivity index (χ2v) is 9.69. The van der Waals surface area contributed by atoms with Gasteiger partial charge in [-0.1, -0.05) is 59.6 Å². The van der Waals surface area contributed by atoms with E-state index in [-0.39, 0.29) is 28.4 Å². The number of nitrogens with zero attached hydrogens (tertiary/aromatic N) is 3. The zero-order valence-electron chi connectivity index (χ0n) is 21.3. The summed E-state index contributed by atoms with van der Waals surface area (Å²) in [6.07, 6.45) is -3.24. The van der Waals surface area contributed by atoms with Gasteiger partial charge in [-0.2, -0.15) is 22.9 Å². The molecule has 0 saturated carbocycles. The third kappa shape index (κ3) is 6.21. The Hall–Kier alpha value is -4.34. The summed E-state index contributed by atoms with van der Waals surface area (Å²) >= 11 is 12.4. The molecule has 5 rings (SSSR count). The van der Waals surface area contributed by atoms with Gasteiger partial charge in [0, 0.05) is 10.6 Å². The van der Waals surface area contributed by atoms with E-state index in [1.165, 1.54) is 25.5 Å². The highest BCUT2D eigenvalue weighted by molar-refractivity contribution is 6.32. The zero-order valence-corrected chi connectivity index (χ0v) is 22.8. The van der Waals surface area contributed by atoms with E-state index < -0.39 is 17.3 Å². The summed E-state index contributed by atoms with van der Waals surface area (Å²) in [5.41, 5.74) is 0.271. The molecule has 1 aromatic heterocycles. The average Bonchev–Trinajstić information content (AvgIpc) is 2.96. The highest BCUT2D eigenvalue weighted by Gasteiger charge is 2.31. The van der Waals surface area contributed by atoms with Crippen LogP contribution in [-0.2, 0) is 12.8 Å². The van der Waals surface area contributed by atoms with Crippen LogP contribution >= 0.6 is 23.2 Å². The maximum absolute atomic E-state index is 13.4. The maximum Gasteiger partial charge on any atom is 0.416 e. The number of halogens is 5. The SMILES string of the molecule is COc1cc(C=Nn2c(-c3cccc(C(F)(F)F)c3)nc3ccccc3c2=O)cc(Cl)c1OCc1ccc(Cl)cc1. The molecule has 0 bridgehead atoms. The van der Waals surface area contributed by atoms with Crippen LogP contribution in [0.15, 0.2) is 94.8 Å². The van der Waals surface area contributed by atoms with E-state index in [0.29, 0.717) is 27.6 Å². The molecule has 0 aliphatic carbocycles. The average molecular weight is 598 g/mol. The van der Waals surface area contributed by atoms with Crippen molar-refractivity contribution in [1.82, 2.24) is 9.66 Å². The van der Waals surface area contributed by atoms with Gasteiger partial charge in [-0.25, -0.2) is 4.98 Å². The van der Waals surface area contributed by atoms with Gasteiger partial charge in [0.2, 0.25) is 0 Å². The largest absolute Gasteiger partial charge is 0.493 e. The highest BCUT2D eigenvalue weighted by Crippen LogP contribution is 2.37. The molecule has 0 aliphatic heterocycles. The van der Waals surface area contributed by atoms with Crippen LogP contribution in [0.5, 0.6) is 11.5 Å². The smallest absolute Gasteiger partial charge is 0.416 e. The Balaban J connectivity index is 1.54. The van der Waals surface area contributed by atoms with E-state index in [1.807, 2.05) is 12.1 Å². The molecule has 11 heteroatoms. The summed E-state index contributed by atoms with van der Waals surface area (Å²) in [4.78, 5) is 17.9. The Morgan fingerprint density at radius 3 is 2.46 bits per heavy atom. The highest BCUT2D eigenvalue weighted by atomic mass is 35.5. The van der Waals surface area contributed by atoms with Gasteiger partial charge in [0.05, 0.1) is 34.8 Å². The number of rotatable bonds is 7. The van der Waals surface area contributed by atoms with Gasteiger partial charge in [-0.3, -0.25) is 4.79 Å². The number of alkyl halides is 3. The molecular weight excluding hydrogens is 578 g/mol. The van der Waals surface area contributed by atoms with Crippen LogP contribution in [0.4, 0.5) is 13.2 Å². The first-order chi connectivity index (χ1) is 19.6. The Bertz CT molecular complexity index is 1820. The summed E-state index contributed by atoms with van der Waals surface area (Å²) in [6, 6.07) is 21.4. The number of para-hydroxylation sites is 1. The van der Waals surface area contributed by atoms with Crippen molar-refractivity contribution in [2.45, 2.75) is 12.8 Å². The summed E-state index contributed by atoms with van der Waals surface area (Å²) in [5, 5.41) is 5.39. The predicted octanol–water partition coefficient (Wildman–Crippen LogP) is 7.86. The molecule has 0 N–H and O–H groups in total. The van der Waals surface area contributed by atoms with Crippen LogP contribution < -0.4 is 15.0 Å². The third-order valence-electron chi connectivity index (χ3n) is 6.07. The molecule has 0 unspecified atom stereocenters. The molecule has 0 aliphatic rings. The van der Waals surface area contributed by atoms with Crippen molar-refractivity contribution in [2.75, 3.05) is 7.11 Å². The van der Waals surface area contributed by atoms with Crippen LogP contribution in [0.3, 0.4) is 0 Å². The minimum absolute atomic E-state index is 0.0583. The molecule has 0 amide bonds. The number of hydrogen-bond acceptors (Lipinski definition) is 5. The van der Waals surface area contributed by atoms with E-state index in [1.54, 1.807) is 48.5 Å². The molecule has 4 aromatic carbocycles. The number of hydrogen-bond donors (Lipinski definition) is 0. The van der Waals surface area contributed by atoms with E-state index in [4.69, 9.17) is 32.7 Å². The Morgan fingerprint density at radius 2 is 1.73 bits per heavy atom. The molecule has 41 heavy (non-hydrogen) atoms. The Kier molecular flexibility index (Phi) is 8.01. The minimum Gasteiger partial charge on any atom is -0.493 e. The topological polar surface area (TPSA) is 65.7 Å². The first-order valence-electron chi connectivity index (χ1n) is 12.1. The zero-order chi connectivity index (χ0) is 29.1. The monoisotopic (exact) mass is 597 g/mol. The normalized spacial score (nSPS) is 11.8. The number of methoxy groups -OCH3 is 1. The van der Waals surface area contributed by atoms with E-state index in [9.17, 15) is 18.0 Å². The summed E-state index contributed by atoms with van der Waals surface area (Å²) < 4.78 is 52.6. The van der Waals surface area contributed by atoms with E-state index in [2.05, 4.69) is 10.1 Å². The van der Waals surface area contributed by atoms with Crippen molar-refractivity contribution < 1.29 is 22.6 Å². The van der Waals surface area contributed by atoms with Crippen LogP contribution in [0, 0.1) is 0 Å². The molecular formula is C30H20Cl2F3N3O3. The lowest BCUT2D eigenvalue weighted by molar-refractivity contribution is -0.137. The number of benzene rings is 4. The van der Waals surface area contributed by atoms with E-state index in [0.717, 1.165) is 22.4 Å². The van der Waals surface area contributed by atoms with Crippen LogP contribution in [0.25, 0.3) is 22.3 Å². The molecule has 0 spiro atoms. The molecule has 5 aromatic rings. The fraction of sp³-hybridized carbons (Fsp3) is 0.100. The van der Waals surface area contributed by atoms with Crippen molar-refractivity contribution in [1.29, 1.82) is 0 Å². The van der Waals surface area contributed by atoms with Crippen molar-refractivity contribution >= 4 is 40.3 Å². The fourth-order valence-corrected chi connectivity index (χ4v) is 4.47. The minimum atomic E-state index is -4.58. The van der Waals surface area contributed by atoms with Crippen molar-refractivity contribution in [3.05, 3.63) is 122 Å². The first-order valence-corrected chi connectivity index (χ1v) is 12.9. The lowest BCUT2D eigenvalue weighted by Crippen LogP contribution is -2.20. The third-order valence-corrected chi connectivity index (χ3v) is 6.61. The van der Waals surface area contributed by atoms with Gasteiger partial charge in [0.1, 0.15) is 6.61 Å². The van der Waals surface area contributed by atoms with Gasteiger partial charge in [-0.15, -0.1) is 0 Å². The van der Waals surface area contributed by atoms with Gasteiger partial charge >= 0.3 is 6.18 Å². The van der Waals surface area contributed by atoms with Crippen LogP contribution in [0.1, 0.15) is 16.7 Å². The second kappa shape index (κ2) is 11.6. The second-order valence-electron chi connectivity index (χ2n) is 8.84. The van der Waals surface area contributed by atoms with Crippen molar-refractivity contribution in [3.63, 3.8) is 0 Å². The summed E-state index contributed by atoms with van der Waals surface area (Å²) in [6.45, 7) is 0.208. The number of ether oxygens (including phenoxy) is 2. The van der Waals surface area contributed by atoms with Gasteiger partial charge in [0.25, 0.3) is 5.56 Å². The van der Waals surface area contributed by atoms with Crippen LogP contribution in [0.2, 0.25) is 10.0 Å². The maximum atomic E-state index is 13.4. The molecule has 0 radical (unpaired) electrons.